The Balaban J connectivity index is 3.03. The van der Waals surface area contributed by atoms with Gasteiger partial charge in [0.15, 0.2) is 0 Å². The Kier molecular flexibility index (Phi) is 3.31. The molecule has 92 valence electrons. The van der Waals surface area contributed by atoms with Gasteiger partial charge in [-0.3, -0.25) is 9.59 Å². The van der Waals surface area contributed by atoms with Crippen molar-refractivity contribution in [2.24, 2.45) is 16.7 Å². The molecule has 0 aromatic rings. The molecule has 0 N–H and O–H groups in total. The molecule has 1 fully saturated rings. The molecule has 1 aliphatic rings. The van der Waals surface area contributed by atoms with E-state index in [4.69, 9.17) is 9.47 Å². The van der Waals surface area contributed by atoms with Crippen molar-refractivity contribution in [2.75, 3.05) is 14.2 Å². The summed E-state index contributed by atoms with van der Waals surface area (Å²) in [5.74, 6) is -0.719. The maximum Gasteiger partial charge on any atom is 0.312 e. The van der Waals surface area contributed by atoms with E-state index < -0.39 is 10.8 Å². The average Bonchev–Trinajstić information content (AvgIpc) is 2.49. The zero-order chi connectivity index (χ0) is 12.6. The summed E-state index contributed by atoms with van der Waals surface area (Å²) in [5, 5.41) is 0. The van der Waals surface area contributed by atoms with Gasteiger partial charge in [0, 0.05) is 0 Å². The van der Waals surface area contributed by atoms with Crippen LogP contribution in [-0.2, 0) is 19.1 Å². The number of esters is 2. The molecule has 1 rings (SSSR count). The molecule has 0 saturated heterocycles. The molecule has 4 heteroatoms. The normalized spacial score (nSPS) is 32.2. The second-order valence-corrected chi connectivity index (χ2v) is 5.16. The molecule has 0 aromatic carbocycles. The summed E-state index contributed by atoms with van der Waals surface area (Å²) in [7, 11) is 2.77. The third-order valence-electron chi connectivity index (χ3n) is 4.35. The van der Waals surface area contributed by atoms with Gasteiger partial charge in [-0.05, 0) is 25.2 Å². The quantitative estimate of drug-likeness (QED) is 0.676. The largest absolute Gasteiger partial charge is 0.469 e. The standard InChI is InChI=1S/C12H20O4/c1-11(2)8(9(13)15-4)6-7-12(11,3)10(14)16-5/h8H,6-7H2,1-5H3/t8-,12-/m1/s1. The van der Waals surface area contributed by atoms with Crippen LogP contribution in [0.4, 0.5) is 0 Å². The van der Waals surface area contributed by atoms with E-state index in [-0.39, 0.29) is 17.9 Å². The molecule has 16 heavy (non-hydrogen) atoms. The SMILES string of the molecule is COC(=O)[C@H]1CC[C@](C)(C(=O)OC)C1(C)C. The summed E-state index contributed by atoms with van der Waals surface area (Å²) in [6.07, 6.45) is 1.33. The topological polar surface area (TPSA) is 52.6 Å². The van der Waals surface area contributed by atoms with Crippen molar-refractivity contribution in [3.05, 3.63) is 0 Å². The van der Waals surface area contributed by atoms with Crippen LogP contribution < -0.4 is 0 Å². The second kappa shape index (κ2) is 4.07. The molecule has 1 aliphatic carbocycles. The first kappa shape index (κ1) is 13.0. The Bertz CT molecular complexity index is 308. The number of rotatable bonds is 2. The zero-order valence-electron chi connectivity index (χ0n) is 10.6. The second-order valence-electron chi connectivity index (χ2n) is 5.16. The van der Waals surface area contributed by atoms with E-state index in [1.807, 2.05) is 20.8 Å². The summed E-state index contributed by atoms with van der Waals surface area (Å²) < 4.78 is 9.63. The van der Waals surface area contributed by atoms with Crippen LogP contribution in [-0.4, -0.2) is 26.2 Å². The molecule has 0 spiro atoms. The van der Waals surface area contributed by atoms with Crippen molar-refractivity contribution in [2.45, 2.75) is 33.6 Å². The minimum Gasteiger partial charge on any atom is -0.469 e. The number of methoxy groups -OCH3 is 2. The molecule has 2 atom stereocenters. The van der Waals surface area contributed by atoms with E-state index >= 15 is 0 Å². The van der Waals surface area contributed by atoms with Gasteiger partial charge < -0.3 is 9.47 Å². The Labute approximate surface area is 96.3 Å². The molecule has 0 unspecified atom stereocenters. The number of hydrogen-bond acceptors (Lipinski definition) is 4. The average molecular weight is 228 g/mol. The van der Waals surface area contributed by atoms with Gasteiger partial charge in [-0.2, -0.15) is 0 Å². The first-order valence-corrected chi connectivity index (χ1v) is 5.47. The van der Waals surface area contributed by atoms with Gasteiger partial charge in [-0.15, -0.1) is 0 Å². The van der Waals surface area contributed by atoms with Crippen molar-refractivity contribution < 1.29 is 19.1 Å². The van der Waals surface area contributed by atoms with Gasteiger partial charge in [-0.25, -0.2) is 0 Å². The molecule has 0 heterocycles. The number of hydrogen-bond donors (Lipinski definition) is 0. The lowest BCUT2D eigenvalue weighted by atomic mass is 9.65. The van der Waals surface area contributed by atoms with Crippen molar-refractivity contribution in [3.8, 4) is 0 Å². The van der Waals surface area contributed by atoms with Crippen LogP contribution in [0.15, 0.2) is 0 Å². The van der Waals surface area contributed by atoms with Crippen molar-refractivity contribution in [1.82, 2.24) is 0 Å². The summed E-state index contributed by atoms with van der Waals surface area (Å²) in [6, 6.07) is 0. The maximum absolute atomic E-state index is 11.8. The first-order chi connectivity index (χ1) is 7.31. The fourth-order valence-corrected chi connectivity index (χ4v) is 2.65. The fraction of sp³-hybridized carbons (Fsp3) is 0.833. The van der Waals surface area contributed by atoms with E-state index in [2.05, 4.69) is 0 Å². The number of carbonyl (C=O) groups is 2. The highest BCUT2D eigenvalue weighted by atomic mass is 16.5. The molecule has 1 saturated carbocycles. The third-order valence-corrected chi connectivity index (χ3v) is 4.35. The highest BCUT2D eigenvalue weighted by Gasteiger charge is 2.59. The minimum atomic E-state index is -0.611. The fourth-order valence-electron chi connectivity index (χ4n) is 2.65. The molecule has 0 aliphatic heterocycles. The van der Waals surface area contributed by atoms with Crippen LogP contribution >= 0.6 is 0 Å². The highest BCUT2D eigenvalue weighted by molar-refractivity contribution is 5.82. The van der Waals surface area contributed by atoms with Gasteiger partial charge in [0.05, 0.1) is 25.6 Å². The van der Waals surface area contributed by atoms with Crippen molar-refractivity contribution in [1.29, 1.82) is 0 Å². The smallest absolute Gasteiger partial charge is 0.312 e. The number of carbonyl (C=O) groups excluding carboxylic acids is 2. The van der Waals surface area contributed by atoms with Gasteiger partial charge in [-0.1, -0.05) is 13.8 Å². The molecular formula is C12H20O4. The summed E-state index contributed by atoms with van der Waals surface area (Å²) in [4.78, 5) is 23.5. The minimum absolute atomic E-state index is 0.235. The monoisotopic (exact) mass is 228 g/mol. The van der Waals surface area contributed by atoms with Crippen LogP contribution in [0.25, 0.3) is 0 Å². The third kappa shape index (κ3) is 1.60. The molecule has 0 amide bonds. The Morgan fingerprint density at radius 3 is 2.12 bits per heavy atom. The van der Waals surface area contributed by atoms with Gasteiger partial charge in [0.25, 0.3) is 0 Å². The molecule has 0 bridgehead atoms. The van der Waals surface area contributed by atoms with Gasteiger partial charge in [0.2, 0.25) is 0 Å². The molecular weight excluding hydrogens is 208 g/mol. The molecule has 0 aromatic heterocycles. The number of ether oxygens (including phenoxy) is 2. The van der Waals surface area contributed by atoms with Crippen LogP contribution in [0, 0.1) is 16.7 Å². The van der Waals surface area contributed by atoms with E-state index in [1.165, 1.54) is 14.2 Å². The summed E-state index contributed by atoms with van der Waals surface area (Å²) in [6.45, 7) is 5.72. The van der Waals surface area contributed by atoms with E-state index in [0.717, 1.165) is 0 Å². The Hall–Kier alpha value is -1.06. The Morgan fingerprint density at radius 1 is 1.12 bits per heavy atom. The predicted octanol–water partition coefficient (Wildman–Crippen LogP) is 1.77. The molecule has 4 nitrogen and oxygen atoms in total. The summed E-state index contributed by atoms with van der Waals surface area (Å²) >= 11 is 0. The van der Waals surface area contributed by atoms with E-state index in [0.29, 0.717) is 12.8 Å². The van der Waals surface area contributed by atoms with Crippen molar-refractivity contribution in [3.63, 3.8) is 0 Å². The van der Waals surface area contributed by atoms with Crippen molar-refractivity contribution >= 4 is 11.9 Å². The van der Waals surface area contributed by atoms with Gasteiger partial charge in [0.1, 0.15) is 0 Å². The van der Waals surface area contributed by atoms with E-state index in [1.54, 1.807) is 0 Å². The zero-order valence-corrected chi connectivity index (χ0v) is 10.6. The van der Waals surface area contributed by atoms with Crippen LogP contribution in [0.5, 0.6) is 0 Å². The van der Waals surface area contributed by atoms with Crippen LogP contribution in [0.2, 0.25) is 0 Å². The first-order valence-electron chi connectivity index (χ1n) is 5.47. The molecule has 0 radical (unpaired) electrons. The predicted molar refractivity (Wildman–Crippen MR) is 58.6 cm³/mol. The lowest BCUT2D eigenvalue weighted by molar-refractivity contribution is -0.161. The Morgan fingerprint density at radius 2 is 1.69 bits per heavy atom. The lowest BCUT2D eigenvalue weighted by Crippen LogP contribution is -2.43. The van der Waals surface area contributed by atoms with Gasteiger partial charge >= 0.3 is 11.9 Å². The lowest BCUT2D eigenvalue weighted by Gasteiger charge is -2.38. The van der Waals surface area contributed by atoms with Crippen LogP contribution in [0.3, 0.4) is 0 Å². The summed E-state index contributed by atoms with van der Waals surface area (Å²) in [5.41, 5.74) is -1.05. The van der Waals surface area contributed by atoms with Crippen LogP contribution in [0.1, 0.15) is 33.6 Å². The van der Waals surface area contributed by atoms with E-state index in [9.17, 15) is 9.59 Å². The highest BCUT2D eigenvalue weighted by Crippen LogP contribution is 2.56. The maximum atomic E-state index is 11.8.